The largest absolute Gasteiger partial charge is 0.377 e. The predicted molar refractivity (Wildman–Crippen MR) is 66.5 cm³/mol. The van der Waals surface area contributed by atoms with Crippen LogP contribution in [-0.4, -0.2) is 18.5 Å². The number of rotatable bonds is 7. The molecule has 0 spiro atoms. The van der Waals surface area contributed by atoms with Crippen molar-refractivity contribution in [1.82, 2.24) is 0 Å². The monoisotopic (exact) mass is 226 g/mol. The molecule has 0 aromatic carbocycles. The summed E-state index contributed by atoms with van der Waals surface area (Å²) in [4.78, 5) is 11.7. The predicted octanol–water partition coefficient (Wildman–Crippen LogP) is 3.59. The van der Waals surface area contributed by atoms with Crippen molar-refractivity contribution in [2.24, 2.45) is 11.3 Å². The Labute approximate surface area is 99.8 Å². The Hall–Kier alpha value is -0.370. The third-order valence-corrected chi connectivity index (χ3v) is 4.05. The smallest absolute Gasteiger partial charge is 0.144 e. The lowest BCUT2D eigenvalue weighted by atomic mass is 9.61. The molecule has 0 radical (unpaired) electrons. The average Bonchev–Trinajstić information content (AvgIpc) is 2.24. The van der Waals surface area contributed by atoms with Crippen molar-refractivity contribution in [2.75, 3.05) is 6.61 Å². The zero-order valence-electron chi connectivity index (χ0n) is 11.2. The van der Waals surface area contributed by atoms with Crippen LogP contribution in [0.5, 0.6) is 0 Å². The van der Waals surface area contributed by atoms with E-state index in [0.29, 0.717) is 12.2 Å². The van der Waals surface area contributed by atoms with E-state index in [0.717, 1.165) is 31.8 Å². The summed E-state index contributed by atoms with van der Waals surface area (Å²) in [5, 5.41) is 0. The molecule has 1 aliphatic rings. The summed E-state index contributed by atoms with van der Waals surface area (Å²) < 4.78 is 5.88. The number of carbonyl (C=O) groups is 1. The fourth-order valence-corrected chi connectivity index (χ4v) is 2.65. The molecule has 94 valence electrons. The van der Waals surface area contributed by atoms with Crippen LogP contribution >= 0.6 is 0 Å². The summed E-state index contributed by atoms with van der Waals surface area (Å²) in [7, 11) is 0. The molecule has 0 aromatic rings. The summed E-state index contributed by atoms with van der Waals surface area (Å²) in [5.41, 5.74) is -0.141. The van der Waals surface area contributed by atoms with E-state index >= 15 is 0 Å². The fraction of sp³-hybridized carbons (Fsp3) is 0.929. The Morgan fingerprint density at radius 1 is 1.38 bits per heavy atom. The first-order valence-electron chi connectivity index (χ1n) is 6.71. The number of ether oxygens (including phenoxy) is 1. The van der Waals surface area contributed by atoms with E-state index in [4.69, 9.17) is 4.74 Å². The molecule has 1 fully saturated rings. The number of carbonyl (C=O) groups excluding carboxylic acids is 1. The molecule has 2 nitrogen and oxygen atoms in total. The molecule has 1 saturated carbocycles. The van der Waals surface area contributed by atoms with E-state index < -0.39 is 0 Å². The van der Waals surface area contributed by atoms with Crippen molar-refractivity contribution in [1.29, 1.82) is 0 Å². The molecular formula is C14H26O2. The van der Waals surface area contributed by atoms with Gasteiger partial charge in [0.2, 0.25) is 0 Å². The van der Waals surface area contributed by atoms with Crippen LogP contribution < -0.4 is 0 Å². The van der Waals surface area contributed by atoms with Crippen molar-refractivity contribution in [3.63, 3.8) is 0 Å². The Morgan fingerprint density at radius 3 is 2.44 bits per heavy atom. The fourth-order valence-electron chi connectivity index (χ4n) is 2.65. The summed E-state index contributed by atoms with van der Waals surface area (Å²) in [6.45, 7) is 9.48. The minimum absolute atomic E-state index is 0.141. The van der Waals surface area contributed by atoms with E-state index in [-0.39, 0.29) is 11.5 Å². The van der Waals surface area contributed by atoms with Crippen molar-refractivity contribution in [2.45, 2.75) is 65.9 Å². The first-order chi connectivity index (χ1) is 7.56. The Morgan fingerprint density at radius 2 is 2.00 bits per heavy atom. The van der Waals surface area contributed by atoms with Gasteiger partial charge < -0.3 is 4.74 Å². The summed E-state index contributed by atoms with van der Waals surface area (Å²) in [5.74, 6) is 1.15. The lowest BCUT2D eigenvalue weighted by Crippen LogP contribution is -2.54. The van der Waals surface area contributed by atoms with E-state index in [1.807, 2.05) is 0 Å². The van der Waals surface area contributed by atoms with Crippen molar-refractivity contribution in [3.05, 3.63) is 0 Å². The molecule has 0 N–H and O–H groups in total. The van der Waals surface area contributed by atoms with Gasteiger partial charge in [-0.1, -0.05) is 27.7 Å². The van der Waals surface area contributed by atoms with Crippen molar-refractivity contribution in [3.8, 4) is 0 Å². The first-order valence-corrected chi connectivity index (χ1v) is 6.71. The van der Waals surface area contributed by atoms with Crippen molar-refractivity contribution < 1.29 is 9.53 Å². The number of Topliss-reactive ketones (excluding diaryl/α,β-unsaturated/α-hetero) is 1. The van der Waals surface area contributed by atoms with E-state index in [1.165, 1.54) is 6.42 Å². The maximum Gasteiger partial charge on any atom is 0.144 e. The molecule has 0 aromatic heterocycles. The molecule has 16 heavy (non-hydrogen) atoms. The van der Waals surface area contributed by atoms with Gasteiger partial charge in [-0.15, -0.1) is 0 Å². The third kappa shape index (κ3) is 2.65. The van der Waals surface area contributed by atoms with Crippen LogP contribution in [0.25, 0.3) is 0 Å². The third-order valence-electron chi connectivity index (χ3n) is 4.05. The highest BCUT2D eigenvalue weighted by Gasteiger charge is 2.52. The van der Waals surface area contributed by atoms with Crippen molar-refractivity contribution >= 4 is 5.78 Å². The molecule has 0 amide bonds. The standard InChI is InChI=1S/C14H26O2/c1-5-14(6-2)12(15)10-13(14)16-9-7-8-11(3)4/h11,13H,5-10H2,1-4H3. The maximum absolute atomic E-state index is 11.7. The Balaban J connectivity index is 2.30. The van der Waals surface area contributed by atoms with E-state index in [9.17, 15) is 4.79 Å². The second-order valence-corrected chi connectivity index (χ2v) is 5.39. The molecule has 1 rings (SSSR count). The summed E-state index contributed by atoms with van der Waals surface area (Å²) in [6, 6.07) is 0. The van der Waals surface area contributed by atoms with Crippen LogP contribution in [0.2, 0.25) is 0 Å². The number of hydrogen-bond acceptors (Lipinski definition) is 2. The highest BCUT2D eigenvalue weighted by molar-refractivity contribution is 5.92. The van der Waals surface area contributed by atoms with Crippen LogP contribution in [-0.2, 0) is 9.53 Å². The zero-order chi connectivity index (χ0) is 12.2. The molecule has 0 heterocycles. The van der Waals surface area contributed by atoms with Gasteiger partial charge in [-0.2, -0.15) is 0 Å². The van der Waals surface area contributed by atoms with Gasteiger partial charge in [0.15, 0.2) is 0 Å². The minimum atomic E-state index is -0.141. The van der Waals surface area contributed by atoms with E-state index in [1.54, 1.807) is 0 Å². The molecule has 0 bridgehead atoms. The van der Waals surface area contributed by atoms with Gasteiger partial charge in [-0.3, -0.25) is 4.79 Å². The number of hydrogen-bond donors (Lipinski definition) is 0. The van der Waals surface area contributed by atoms with Gasteiger partial charge in [0.1, 0.15) is 5.78 Å². The van der Waals surface area contributed by atoms with Crippen LogP contribution in [0.15, 0.2) is 0 Å². The topological polar surface area (TPSA) is 26.3 Å². The quantitative estimate of drug-likeness (QED) is 0.620. The van der Waals surface area contributed by atoms with Gasteiger partial charge in [0.05, 0.1) is 11.5 Å². The summed E-state index contributed by atoms with van der Waals surface area (Å²) >= 11 is 0. The van der Waals surface area contributed by atoms with Crippen LogP contribution in [0.1, 0.15) is 59.8 Å². The summed E-state index contributed by atoms with van der Waals surface area (Å²) in [6.07, 6.45) is 5.03. The van der Waals surface area contributed by atoms with Gasteiger partial charge in [0.25, 0.3) is 0 Å². The molecule has 1 atom stereocenters. The Kier molecular flexibility index (Phi) is 4.97. The van der Waals surface area contributed by atoms with E-state index in [2.05, 4.69) is 27.7 Å². The second kappa shape index (κ2) is 5.81. The molecule has 1 unspecified atom stereocenters. The van der Waals surface area contributed by atoms with Gasteiger partial charge >= 0.3 is 0 Å². The molecule has 0 aliphatic heterocycles. The molecule has 0 saturated heterocycles. The lowest BCUT2D eigenvalue weighted by Gasteiger charge is -2.46. The minimum Gasteiger partial charge on any atom is -0.377 e. The Bertz CT molecular complexity index is 229. The van der Waals surface area contributed by atoms with Crippen LogP contribution in [0.4, 0.5) is 0 Å². The first kappa shape index (κ1) is 13.7. The molecule has 2 heteroatoms. The lowest BCUT2D eigenvalue weighted by molar-refractivity contribution is -0.165. The zero-order valence-corrected chi connectivity index (χ0v) is 11.2. The highest BCUT2D eigenvalue weighted by Crippen LogP contribution is 2.45. The van der Waals surface area contributed by atoms with Crippen LogP contribution in [0.3, 0.4) is 0 Å². The van der Waals surface area contributed by atoms with Gasteiger partial charge in [-0.05, 0) is 31.6 Å². The SMILES string of the molecule is CCC1(CC)C(=O)CC1OCCCC(C)C. The second-order valence-electron chi connectivity index (χ2n) is 5.39. The average molecular weight is 226 g/mol. The van der Waals surface area contributed by atoms with Gasteiger partial charge in [-0.25, -0.2) is 0 Å². The number of ketones is 1. The normalized spacial score (nSPS) is 23.6. The van der Waals surface area contributed by atoms with Crippen LogP contribution in [0, 0.1) is 11.3 Å². The maximum atomic E-state index is 11.7. The molecular weight excluding hydrogens is 200 g/mol. The molecule has 1 aliphatic carbocycles. The highest BCUT2D eigenvalue weighted by atomic mass is 16.5. The van der Waals surface area contributed by atoms with Gasteiger partial charge in [0, 0.05) is 13.0 Å².